The lowest BCUT2D eigenvalue weighted by molar-refractivity contribution is 0.222. The first-order valence-corrected chi connectivity index (χ1v) is 10.9. The number of hydrogen-bond acceptors (Lipinski definition) is 4. The standard InChI is InChI=1S/C22H21FN4OS/c1-2-26-20-9-8-15(19-13-29-22(28)27(25-19)12-14-6-7-14)11-18(20)24-21(26)16-4-3-5-17(23)10-16/h3-5,8-11,14H,2,6-7,12-13H2,1H3. The first-order valence-electron chi connectivity index (χ1n) is 9.90. The highest BCUT2D eigenvalue weighted by Crippen LogP contribution is 2.32. The molecule has 5 nitrogen and oxygen atoms in total. The van der Waals surface area contributed by atoms with Crippen LogP contribution in [0.1, 0.15) is 25.3 Å². The molecule has 0 atom stereocenters. The van der Waals surface area contributed by atoms with Crippen molar-refractivity contribution in [2.24, 2.45) is 11.0 Å². The number of carbonyl (C=O) groups is 1. The number of fused-ring (bicyclic) bond motifs is 1. The minimum absolute atomic E-state index is 0.0328. The zero-order valence-corrected chi connectivity index (χ0v) is 17.0. The first kappa shape index (κ1) is 18.4. The first-order chi connectivity index (χ1) is 14.1. The average Bonchev–Trinajstić information content (AvgIpc) is 3.46. The maximum atomic E-state index is 13.7. The Hall–Kier alpha value is -2.67. The third-order valence-corrected chi connectivity index (χ3v) is 6.27. The van der Waals surface area contributed by atoms with Crippen LogP contribution in [0.25, 0.3) is 22.4 Å². The van der Waals surface area contributed by atoms with Crippen LogP contribution < -0.4 is 0 Å². The van der Waals surface area contributed by atoms with Gasteiger partial charge in [-0.25, -0.2) is 14.4 Å². The topological polar surface area (TPSA) is 50.5 Å². The summed E-state index contributed by atoms with van der Waals surface area (Å²) < 4.78 is 15.8. The van der Waals surface area contributed by atoms with Crippen LogP contribution in [-0.4, -0.2) is 37.8 Å². The molecule has 7 heteroatoms. The fraction of sp³-hybridized carbons (Fsp3) is 0.318. The summed E-state index contributed by atoms with van der Waals surface area (Å²) in [4.78, 5) is 17.0. The second kappa shape index (κ2) is 7.30. The minimum Gasteiger partial charge on any atom is -0.324 e. The number of aryl methyl sites for hydroxylation is 1. The highest BCUT2D eigenvalue weighted by atomic mass is 32.2. The molecule has 2 aliphatic rings. The van der Waals surface area contributed by atoms with Crippen molar-refractivity contribution in [3.8, 4) is 11.4 Å². The maximum absolute atomic E-state index is 13.7. The quantitative estimate of drug-likeness (QED) is 0.587. The van der Waals surface area contributed by atoms with Gasteiger partial charge in [0.05, 0.1) is 16.7 Å². The van der Waals surface area contributed by atoms with Gasteiger partial charge in [0.1, 0.15) is 11.6 Å². The van der Waals surface area contributed by atoms with Crippen LogP contribution in [0.2, 0.25) is 0 Å². The van der Waals surface area contributed by atoms with Crippen molar-refractivity contribution in [2.75, 3.05) is 12.3 Å². The number of nitrogens with zero attached hydrogens (tertiary/aromatic N) is 4. The highest BCUT2D eigenvalue weighted by molar-refractivity contribution is 8.14. The summed E-state index contributed by atoms with van der Waals surface area (Å²) in [5.74, 6) is 1.65. The molecular weight excluding hydrogens is 387 g/mol. The van der Waals surface area contributed by atoms with Crippen LogP contribution in [0, 0.1) is 11.7 Å². The fourth-order valence-electron chi connectivity index (χ4n) is 3.70. The molecule has 0 N–H and O–H groups in total. The van der Waals surface area contributed by atoms with Crippen LogP contribution in [-0.2, 0) is 6.54 Å². The summed E-state index contributed by atoms with van der Waals surface area (Å²) in [6, 6.07) is 12.6. The Morgan fingerprint density at radius 3 is 2.79 bits per heavy atom. The van der Waals surface area contributed by atoms with Crippen molar-refractivity contribution < 1.29 is 9.18 Å². The normalized spacial score (nSPS) is 17.1. The molecule has 3 aromatic rings. The summed E-state index contributed by atoms with van der Waals surface area (Å²) in [6.07, 6.45) is 2.37. The molecule has 1 amide bonds. The van der Waals surface area contributed by atoms with Crippen LogP contribution >= 0.6 is 11.8 Å². The van der Waals surface area contributed by atoms with E-state index in [1.165, 1.54) is 36.7 Å². The Balaban J connectivity index is 1.54. The zero-order valence-electron chi connectivity index (χ0n) is 16.1. The van der Waals surface area contributed by atoms with Crippen LogP contribution in [0.4, 0.5) is 9.18 Å². The molecule has 29 heavy (non-hydrogen) atoms. The molecule has 148 valence electrons. The van der Waals surface area contributed by atoms with Gasteiger partial charge in [-0.2, -0.15) is 5.10 Å². The summed E-state index contributed by atoms with van der Waals surface area (Å²) in [5, 5.41) is 6.29. The van der Waals surface area contributed by atoms with Gasteiger partial charge in [-0.3, -0.25) is 4.79 Å². The van der Waals surface area contributed by atoms with E-state index >= 15 is 0 Å². The monoisotopic (exact) mass is 408 g/mol. The van der Waals surface area contributed by atoms with Gasteiger partial charge in [0.2, 0.25) is 0 Å². The Bertz CT molecular complexity index is 1140. The number of carbonyl (C=O) groups excluding carboxylic acids is 1. The highest BCUT2D eigenvalue weighted by Gasteiger charge is 2.30. The minimum atomic E-state index is -0.271. The van der Waals surface area contributed by atoms with Gasteiger partial charge in [0.15, 0.2) is 0 Å². The largest absolute Gasteiger partial charge is 0.324 e. The molecule has 1 aliphatic carbocycles. The Labute approximate surface area is 172 Å². The van der Waals surface area contributed by atoms with Gasteiger partial charge in [0.25, 0.3) is 0 Å². The molecule has 1 fully saturated rings. The maximum Gasteiger partial charge on any atom is 0.302 e. The number of amides is 1. The average molecular weight is 409 g/mol. The third kappa shape index (κ3) is 3.55. The number of benzene rings is 2. The van der Waals surface area contributed by atoms with E-state index in [-0.39, 0.29) is 11.1 Å². The lowest BCUT2D eigenvalue weighted by atomic mass is 10.1. The van der Waals surface area contributed by atoms with E-state index in [0.29, 0.717) is 18.2 Å². The summed E-state index contributed by atoms with van der Waals surface area (Å²) >= 11 is 1.30. The SMILES string of the molecule is CCn1c(-c2cccc(F)c2)nc2cc(C3=NN(CC4CC4)C(=O)SC3)ccc21. The van der Waals surface area contributed by atoms with E-state index < -0.39 is 0 Å². The van der Waals surface area contributed by atoms with E-state index in [1.54, 1.807) is 11.1 Å². The van der Waals surface area contributed by atoms with Gasteiger partial charge in [-0.05, 0) is 49.9 Å². The van der Waals surface area contributed by atoms with Crippen LogP contribution in [0.5, 0.6) is 0 Å². The van der Waals surface area contributed by atoms with Gasteiger partial charge in [-0.1, -0.05) is 30.0 Å². The van der Waals surface area contributed by atoms with Crippen molar-refractivity contribution in [3.63, 3.8) is 0 Å². The van der Waals surface area contributed by atoms with Crippen molar-refractivity contribution >= 4 is 33.7 Å². The molecule has 1 aliphatic heterocycles. The number of thioether (sulfide) groups is 1. The van der Waals surface area contributed by atoms with Crippen molar-refractivity contribution in [2.45, 2.75) is 26.3 Å². The molecule has 2 aromatic carbocycles. The van der Waals surface area contributed by atoms with E-state index in [0.717, 1.165) is 40.2 Å². The Morgan fingerprint density at radius 2 is 2.03 bits per heavy atom. The summed E-state index contributed by atoms with van der Waals surface area (Å²) in [6.45, 7) is 3.51. The fourth-order valence-corrected chi connectivity index (χ4v) is 4.45. The van der Waals surface area contributed by atoms with Gasteiger partial charge in [0, 0.05) is 30.0 Å². The van der Waals surface area contributed by atoms with E-state index in [4.69, 9.17) is 4.98 Å². The third-order valence-electron chi connectivity index (χ3n) is 5.39. The molecule has 0 radical (unpaired) electrons. The molecule has 1 saturated carbocycles. The van der Waals surface area contributed by atoms with Crippen molar-refractivity contribution in [1.82, 2.24) is 14.6 Å². The molecule has 1 aromatic heterocycles. The summed E-state index contributed by atoms with van der Waals surface area (Å²) in [5.41, 5.74) is 4.49. The predicted octanol–water partition coefficient (Wildman–Crippen LogP) is 5.15. The van der Waals surface area contributed by atoms with E-state index in [2.05, 4.69) is 16.6 Å². The number of aromatic nitrogens is 2. The van der Waals surface area contributed by atoms with Crippen molar-refractivity contribution in [3.05, 3.63) is 53.8 Å². The smallest absolute Gasteiger partial charge is 0.302 e. The Morgan fingerprint density at radius 1 is 1.17 bits per heavy atom. The summed E-state index contributed by atoms with van der Waals surface area (Å²) in [7, 11) is 0. The molecule has 5 rings (SSSR count). The van der Waals surface area contributed by atoms with Gasteiger partial charge < -0.3 is 4.57 Å². The molecule has 0 unspecified atom stereocenters. The number of imidazole rings is 1. The molecule has 0 spiro atoms. The Kier molecular flexibility index (Phi) is 4.62. The van der Waals surface area contributed by atoms with Gasteiger partial charge >= 0.3 is 5.24 Å². The van der Waals surface area contributed by atoms with Gasteiger partial charge in [-0.15, -0.1) is 0 Å². The predicted molar refractivity (Wildman–Crippen MR) is 115 cm³/mol. The van der Waals surface area contributed by atoms with E-state index in [1.807, 2.05) is 24.3 Å². The molecule has 0 bridgehead atoms. The lowest BCUT2D eigenvalue weighted by Crippen LogP contribution is -2.31. The zero-order chi connectivity index (χ0) is 20.0. The second-order valence-electron chi connectivity index (χ2n) is 7.52. The molecule has 2 heterocycles. The van der Waals surface area contributed by atoms with Crippen LogP contribution in [0.15, 0.2) is 47.6 Å². The molecule has 0 saturated heterocycles. The number of rotatable bonds is 5. The number of hydrazone groups is 1. The number of halogens is 1. The van der Waals surface area contributed by atoms with Crippen LogP contribution in [0.3, 0.4) is 0 Å². The second-order valence-corrected chi connectivity index (χ2v) is 8.45. The lowest BCUT2D eigenvalue weighted by Gasteiger charge is -2.22. The molecular formula is C22H21FN4OS. The number of hydrogen-bond donors (Lipinski definition) is 0. The van der Waals surface area contributed by atoms with E-state index in [9.17, 15) is 9.18 Å². The van der Waals surface area contributed by atoms with Crippen molar-refractivity contribution in [1.29, 1.82) is 0 Å².